The molecular formula is C17H19N5O3S2. The summed E-state index contributed by atoms with van der Waals surface area (Å²) in [5.41, 5.74) is 1.34. The molecule has 0 aliphatic carbocycles. The lowest BCUT2D eigenvalue weighted by atomic mass is 10.2. The standard InChI is InChI=1S/C17H19N5O3S2/c1-22-10-9-18-17(22)27(24,25)20-8-7-15-21-14(12-26-15)16(23)19-11-13-5-3-2-4-6-13/h2-6,9-10,12,20H,7-8,11H2,1H3,(H,19,23). The van der Waals surface area contributed by atoms with Crippen molar-refractivity contribution < 1.29 is 13.2 Å². The van der Waals surface area contributed by atoms with Crippen LogP contribution >= 0.6 is 11.3 Å². The van der Waals surface area contributed by atoms with Crippen molar-refractivity contribution in [2.45, 2.75) is 18.1 Å². The van der Waals surface area contributed by atoms with Gasteiger partial charge in [-0.25, -0.2) is 23.1 Å². The molecule has 0 saturated heterocycles. The molecule has 1 amide bonds. The van der Waals surface area contributed by atoms with Gasteiger partial charge >= 0.3 is 0 Å². The maximum atomic E-state index is 12.2. The first-order valence-corrected chi connectivity index (χ1v) is 10.6. The van der Waals surface area contributed by atoms with E-state index in [1.807, 2.05) is 30.3 Å². The zero-order valence-electron chi connectivity index (χ0n) is 14.6. The zero-order chi connectivity index (χ0) is 19.3. The molecule has 27 heavy (non-hydrogen) atoms. The van der Waals surface area contributed by atoms with Crippen molar-refractivity contribution in [1.29, 1.82) is 0 Å². The van der Waals surface area contributed by atoms with Crippen LogP contribution in [0.5, 0.6) is 0 Å². The number of rotatable bonds is 8. The Morgan fingerprint density at radius 3 is 2.74 bits per heavy atom. The summed E-state index contributed by atoms with van der Waals surface area (Å²) in [5, 5.41) is 5.13. The SMILES string of the molecule is Cn1ccnc1S(=O)(=O)NCCc1nc(C(=O)NCc2ccccc2)cs1. The summed E-state index contributed by atoms with van der Waals surface area (Å²) in [5.74, 6) is -0.255. The summed E-state index contributed by atoms with van der Waals surface area (Å²) in [6.07, 6.45) is 3.38. The van der Waals surface area contributed by atoms with Gasteiger partial charge in [-0.2, -0.15) is 0 Å². The highest BCUT2D eigenvalue weighted by atomic mass is 32.2. The van der Waals surface area contributed by atoms with Gasteiger partial charge in [0.05, 0.1) is 5.01 Å². The first-order chi connectivity index (χ1) is 13.0. The molecule has 10 heteroatoms. The van der Waals surface area contributed by atoms with Crippen LogP contribution in [-0.2, 0) is 30.0 Å². The number of imidazole rings is 1. The van der Waals surface area contributed by atoms with Crippen LogP contribution in [0.3, 0.4) is 0 Å². The Morgan fingerprint density at radius 2 is 2.04 bits per heavy atom. The number of carbonyl (C=O) groups is 1. The Kier molecular flexibility index (Phi) is 5.99. The highest BCUT2D eigenvalue weighted by Gasteiger charge is 2.18. The molecule has 0 bridgehead atoms. The molecule has 1 aromatic carbocycles. The topological polar surface area (TPSA) is 106 Å². The molecule has 0 radical (unpaired) electrons. The number of nitrogens with one attached hydrogen (secondary N) is 2. The number of thiazole rings is 1. The second kappa shape index (κ2) is 8.42. The summed E-state index contributed by atoms with van der Waals surface area (Å²) >= 11 is 1.32. The second-order valence-electron chi connectivity index (χ2n) is 5.76. The third-order valence-electron chi connectivity index (χ3n) is 3.73. The van der Waals surface area contributed by atoms with Crippen LogP contribution in [0, 0.1) is 0 Å². The van der Waals surface area contributed by atoms with Crippen LogP contribution in [0.4, 0.5) is 0 Å². The van der Waals surface area contributed by atoms with E-state index in [4.69, 9.17) is 0 Å². The van der Waals surface area contributed by atoms with Gasteiger partial charge in [-0.3, -0.25) is 4.79 Å². The summed E-state index contributed by atoms with van der Waals surface area (Å²) in [4.78, 5) is 20.3. The normalized spacial score (nSPS) is 11.4. The first-order valence-electron chi connectivity index (χ1n) is 8.19. The Balaban J connectivity index is 1.50. The number of hydrogen-bond acceptors (Lipinski definition) is 6. The molecule has 142 valence electrons. The lowest BCUT2D eigenvalue weighted by Gasteiger charge is -2.05. The summed E-state index contributed by atoms with van der Waals surface area (Å²) in [6.45, 7) is 0.601. The zero-order valence-corrected chi connectivity index (χ0v) is 16.3. The van der Waals surface area contributed by atoms with Gasteiger partial charge in [0.1, 0.15) is 5.69 Å². The lowest BCUT2D eigenvalue weighted by molar-refractivity contribution is 0.0946. The fourth-order valence-corrected chi connectivity index (χ4v) is 4.28. The molecule has 0 saturated carbocycles. The van der Waals surface area contributed by atoms with Crippen LogP contribution in [-0.4, -0.2) is 35.4 Å². The van der Waals surface area contributed by atoms with E-state index < -0.39 is 10.0 Å². The van der Waals surface area contributed by atoms with Crippen molar-refractivity contribution >= 4 is 27.3 Å². The number of benzene rings is 1. The van der Waals surface area contributed by atoms with Crippen LogP contribution < -0.4 is 10.0 Å². The van der Waals surface area contributed by atoms with Gasteiger partial charge in [-0.15, -0.1) is 11.3 Å². The molecule has 3 rings (SSSR count). The third kappa shape index (κ3) is 5.00. The van der Waals surface area contributed by atoms with E-state index in [1.54, 1.807) is 18.6 Å². The molecule has 0 aliphatic heterocycles. The van der Waals surface area contributed by atoms with E-state index in [2.05, 4.69) is 20.0 Å². The van der Waals surface area contributed by atoms with Crippen molar-refractivity contribution in [3.63, 3.8) is 0 Å². The molecule has 0 fully saturated rings. The fraction of sp³-hybridized carbons (Fsp3) is 0.235. The minimum absolute atomic E-state index is 0.0392. The maximum absolute atomic E-state index is 12.2. The number of hydrogen-bond donors (Lipinski definition) is 2. The molecule has 2 N–H and O–H groups in total. The average Bonchev–Trinajstić information content (AvgIpc) is 3.30. The quantitative estimate of drug-likeness (QED) is 0.588. The van der Waals surface area contributed by atoms with E-state index in [0.29, 0.717) is 23.7 Å². The maximum Gasteiger partial charge on any atom is 0.274 e. The Bertz CT molecular complexity index is 1010. The van der Waals surface area contributed by atoms with E-state index in [-0.39, 0.29) is 17.6 Å². The summed E-state index contributed by atoms with van der Waals surface area (Å²) in [6, 6.07) is 9.60. The van der Waals surface area contributed by atoms with Gasteiger partial charge in [0.15, 0.2) is 0 Å². The van der Waals surface area contributed by atoms with Gasteiger partial charge in [0, 0.05) is 44.3 Å². The van der Waals surface area contributed by atoms with E-state index >= 15 is 0 Å². The molecule has 2 aromatic heterocycles. The molecule has 0 unspecified atom stereocenters. The second-order valence-corrected chi connectivity index (χ2v) is 8.37. The predicted octanol–water partition coefficient (Wildman–Crippen LogP) is 1.33. The van der Waals surface area contributed by atoms with E-state index in [0.717, 1.165) is 5.56 Å². The number of sulfonamides is 1. The smallest absolute Gasteiger partial charge is 0.274 e. The molecule has 3 aromatic rings. The molecule has 8 nitrogen and oxygen atoms in total. The van der Waals surface area contributed by atoms with Crippen LogP contribution in [0.15, 0.2) is 53.3 Å². The Morgan fingerprint density at radius 1 is 1.26 bits per heavy atom. The van der Waals surface area contributed by atoms with Gasteiger partial charge in [0.25, 0.3) is 15.9 Å². The van der Waals surface area contributed by atoms with E-state index in [9.17, 15) is 13.2 Å². The van der Waals surface area contributed by atoms with Crippen molar-refractivity contribution in [2.75, 3.05) is 6.54 Å². The molecule has 0 aliphatic rings. The van der Waals surface area contributed by atoms with Crippen molar-refractivity contribution in [3.05, 3.63) is 64.4 Å². The summed E-state index contributed by atoms with van der Waals surface area (Å²) < 4.78 is 28.2. The number of aryl methyl sites for hydroxylation is 1. The van der Waals surface area contributed by atoms with Gasteiger partial charge < -0.3 is 9.88 Å². The minimum atomic E-state index is -3.67. The van der Waals surface area contributed by atoms with Gasteiger partial charge in [-0.05, 0) is 5.56 Å². The highest BCUT2D eigenvalue weighted by molar-refractivity contribution is 7.89. The number of aromatic nitrogens is 3. The number of nitrogens with zero attached hydrogens (tertiary/aromatic N) is 3. The fourth-order valence-electron chi connectivity index (χ4n) is 2.37. The van der Waals surface area contributed by atoms with Gasteiger partial charge in [0.2, 0.25) is 5.16 Å². The average molecular weight is 406 g/mol. The molecule has 0 spiro atoms. The van der Waals surface area contributed by atoms with Crippen molar-refractivity contribution in [2.24, 2.45) is 7.05 Å². The first kappa shape index (κ1) is 19.2. The Labute approximate surface area is 161 Å². The van der Waals surface area contributed by atoms with Crippen LogP contribution in [0.25, 0.3) is 0 Å². The van der Waals surface area contributed by atoms with Crippen molar-refractivity contribution in [3.8, 4) is 0 Å². The van der Waals surface area contributed by atoms with Crippen LogP contribution in [0.2, 0.25) is 0 Å². The lowest BCUT2D eigenvalue weighted by Crippen LogP contribution is -2.28. The monoisotopic (exact) mass is 405 g/mol. The minimum Gasteiger partial charge on any atom is -0.347 e. The van der Waals surface area contributed by atoms with Gasteiger partial charge in [-0.1, -0.05) is 30.3 Å². The van der Waals surface area contributed by atoms with Crippen LogP contribution in [0.1, 0.15) is 21.1 Å². The summed E-state index contributed by atoms with van der Waals surface area (Å²) in [7, 11) is -2.05. The van der Waals surface area contributed by atoms with Crippen molar-refractivity contribution in [1.82, 2.24) is 24.6 Å². The predicted molar refractivity (Wildman–Crippen MR) is 102 cm³/mol. The Hall–Kier alpha value is -2.56. The number of carbonyl (C=O) groups excluding carboxylic acids is 1. The number of amides is 1. The third-order valence-corrected chi connectivity index (χ3v) is 6.10. The molecule has 2 heterocycles. The highest BCUT2D eigenvalue weighted by Crippen LogP contribution is 2.11. The molecule has 0 atom stereocenters. The van der Waals surface area contributed by atoms with E-state index in [1.165, 1.54) is 22.1 Å². The largest absolute Gasteiger partial charge is 0.347 e. The molecular weight excluding hydrogens is 386 g/mol.